The maximum Gasteiger partial charge on any atom is 0.331 e. The van der Waals surface area contributed by atoms with E-state index in [4.69, 9.17) is 14.2 Å². The van der Waals surface area contributed by atoms with Crippen molar-refractivity contribution in [3.63, 3.8) is 0 Å². The van der Waals surface area contributed by atoms with Gasteiger partial charge in [-0.15, -0.1) is 0 Å². The van der Waals surface area contributed by atoms with Gasteiger partial charge >= 0.3 is 5.97 Å². The number of Topliss-reactive ketones (excluding diaryl/α,β-unsaturated/α-hetero) is 1. The van der Waals surface area contributed by atoms with Gasteiger partial charge < -0.3 is 19.2 Å². The minimum absolute atomic E-state index is 0.192. The van der Waals surface area contributed by atoms with Crippen LogP contribution in [-0.4, -0.2) is 29.6 Å². The van der Waals surface area contributed by atoms with Gasteiger partial charge in [0.25, 0.3) is 0 Å². The Morgan fingerprint density at radius 3 is 2.79 bits per heavy atom. The molecule has 0 saturated carbocycles. The zero-order valence-corrected chi connectivity index (χ0v) is 15.5. The van der Waals surface area contributed by atoms with E-state index >= 15 is 0 Å². The first-order chi connectivity index (χ1) is 13.5. The second-order valence-corrected chi connectivity index (χ2v) is 6.56. The summed E-state index contributed by atoms with van der Waals surface area (Å²) in [6.07, 6.45) is 2.01. The van der Waals surface area contributed by atoms with Crippen LogP contribution >= 0.6 is 0 Å². The predicted octanol–water partition coefficient (Wildman–Crippen LogP) is 4.03. The first-order valence-corrected chi connectivity index (χ1v) is 8.93. The quantitative estimate of drug-likeness (QED) is 0.413. The van der Waals surface area contributed by atoms with Crippen LogP contribution in [0.4, 0.5) is 0 Å². The highest BCUT2D eigenvalue weighted by Crippen LogP contribution is 2.32. The van der Waals surface area contributed by atoms with E-state index < -0.39 is 12.1 Å². The molecule has 2 heterocycles. The Kier molecular flexibility index (Phi) is 4.61. The summed E-state index contributed by atoms with van der Waals surface area (Å²) < 4.78 is 15.9. The van der Waals surface area contributed by atoms with Gasteiger partial charge in [0.05, 0.1) is 0 Å². The van der Waals surface area contributed by atoms with Gasteiger partial charge in [0, 0.05) is 28.2 Å². The summed E-state index contributed by atoms with van der Waals surface area (Å²) in [7, 11) is 0. The number of aromatic amines is 1. The maximum absolute atomic E-state index is 12.8. The van der Waals surface area contributed by atoms with Crippen LogP contribution in [0.3, 0.4) is 0 Å². The molecule has 3 aromatic rings. The third-order valence-corrected chi connectivity index (χ3v) is 4.61. The molecule has 6 nitrogen and oxygen atoms in total. The summed E-state index contributed by atoms with van der Waals surface area (Å²) >= 11 is 0. The predicted molar refractivity (Wildman–Crippen MR) is 105 cm³/mol. The molecule has 1 aromatic heterocycles. The molecule has 2 aromatic carbocycles. The number of fused-ring (bicyclic) bond motifs is 2. The standard InChI is InChI=1S/C22H19NO5/c1-13-21(16-5-3-4-6-17(16)23-13)22(25)14(2)28-20(24)10-8-15-7-9-18-19(11-15)27-12-26-18/h3-11,14,23H,12H2,1-2H3. The van der Waals surface area contributed by atoms with E-state index in [1.807, 2.05) is 31.2 Å². The Labute approximate surface area is 161 Å². The molecule has 1 unspecified atom stereocenters. The van der Waals surface area contributed by atoms with Gasteiger partial charge in [-0.25, -0.2) is 4.79 Å². The Balaban J connectivity index is 1.45. The Morgan fingerprint density at radius 1 is 1.14 bits per heavy atom. The number of ketones is 1. The molecule has 0 saturated heterocycles. The third-order valence-electron chi connectivity index (χ3n) is 4.61. The second kappa shape index (κ2) is 7.23. The van der Waals surface area contributed by atoms with Crippen molar-refractivity contribution in [3.8, 4) is 11.5 Å². The van der Waals surface area contributed by atoms with Crippen molar-refractivity contribution in [1.29, 1.82) is 0 Å². The van der Waals surface area contributed by atoms with Crippen LogP contribution in [0.25, 0.3) is 17.0 Å². The largest absolute Gasteiger partial charge is 0.454 e. The molecule has 0 bridgehead atoms. The van der Waals surface area contributed by atoms with Crippen LogP contribution in [0.5, 0.6) is 11.5 Å². The molecule has 142 valence electrons. The molecular weight excluding hydrogens is 358 g/mol. The number of aryl methyl sites for hydroxylation is 1. The lowest BCUT2D eigenvalue weighted by molar-refractivity contribution is -0.140. The first-order valence-electron chi connectivity index (χ1n) is 8.93. The van der Waals surface area contributed by atoms with Crippen molar-refractivity contribution in [1.82, 2.24) is 4.98 Å². The number of aromatic nitrogens is 1. The van der Waals surface area contributed by atoms with Crippen LogP contribution in [0.1, 0.15) is 28.5 Å². The SMILES string of the molecule is Cc1[nH]c2ccccc2c1C(=O)C(C)OC(=O)C=Cc1ccc2c(c1)OCO2. The molecule has 0 amide bonds. The second-order valence-electron chi connectivity index (χ2n) is 6.56. The first kappa shape index (κ1) is 17.9. The Hall–Kier alpha value is -3.54. The highest BCUT2D eigenvalue weighted by atomic mass is 16.7. The van der Waals surface area contributed by atoms with Crippen molar-refractivity contribution in [2.45, 2.75) is 20.0 Å². The van der Waals surface area contributed by atoms with E-state index in [9.17, 15) is 9.59 Å². The van der Waals surface area contributed by atoms with E-state index in [1.165, 1.54) is 6.08 Å². The molecule has 6 heteroatoms. The third kappa shape index (κ3) is 3.36. The van der Waals surface area contributed by atoms with E-state index in [0.717, 1.165) is 22.2 Å². The molecule has 0 radical (unpaired) electrons. The summed E-state index contributed by atoms with van der Waals surface area (Å²) in [4.78, 5) is 28.2. The highest BCUT2D eigenvalue weighted by Gasteiger charge is 2.23. The van der Waals surface area contributed by atoms with Crippen molar-refractivity contribution in [3.05, 3.63) is 65.4 Å². The molecule has 1 aliphatic heterocycles. The number of benzene rings is 2. The van der Waals surface area contributed by atoms with Gasteiger partial charge in [-0.05, 0) is 43.7 Å². The molecular formula is C22H19NO5. The number of para-hydroxylation sites is 1. The van der Waals surface area contributed by atoms with Gasteiger partial charge in [-0.1, -0.05) is 24.3 Å². The van der Waals surface area contributed by atoms with Gasteiger partial charge in [0.1, 0.15) is 0 Å². The monoisotopic (exact) mass is 377 g/mol. The Morgan fingerprint density at radius 2 is 1.93 bits per heavy atom. The summed E-state index contributed by atoms with van der Waals surface area (Å²) in [5.74, 6) is 0.484. The van der Waals surface area contributed by atoms with Gasteiger partial charge in [0.15, 0.2) is 17.6 Å². The molecule has 28 heavy (non-hydrogen) atoms. The number of carbonyl (C=O) groups excluding carboxylic acids is 2. The molecule has 1 aliphatic rings. The summed E-state index contributed by atoms with van der Waals surface area (Å²) in [6, 6.07) is 12.9. The van der Waals surface area contributed by atoms with Crippen LogP contribution in [0, 0.1) is 6.92 Å². The molecule has 0 aliphatic carbocycles. The number of esters is 1. The number of hydrogen-bond acceptors (Lipinski definition) is 5. The number of carbonyl (C=O) groups is 2. The van der Waals surface area contributed by atoms with Crippen molar-refractivity contribution in [2.24, 2.45) is 0 Å². The lowest BCUT2D eigenvalue weighted by atomic mass is 10.0. The minimum atomic E-state index is -0.896. The smallest absolute Gasteiger partial charge is 0.331 e. The fourth-order valence-corrected chi connectivity index (χ4v) is 3.25. The number of rotatable bonds is 5. The number of hydrogen-bond donors (Lipinski definition) is 1. The Bertz CT molecular complexity index is 1100. The summed E-state index contributed by atoms with van der Waals surface area (Å²) in [5.41, 5.74) is 2.96. The maximum atomic E-state index is 12.8. The van der Waals surface area contributed by atoms with E-state index in [-0.39, 0.29) is 12.6 Å². The van der Waals surface area contributed by atoms with Crippen LogP contribution in [-0.2, 0) is 9.53 Å². The van der Waals surface area contributed by atoms with Crippen molar-refractivity contribution in [2.75, 3.05) is 6.79 Å². The fraction of sp³-hybridized carbons (Fsp3) is 0.182. The van der Waals surface area contributed by atoms with Gasteiger partial charge in [-0.2, -0.15) is 0 Å². The van der Waals surface area contributed by atoms with Crippen LogP contribution in [0.15, 0.2) is 48.5 Å². The van der Waals surface area contributed by atoms with Gasteiger partial charge in [-0.3, -0.25) is 4.79 Å². The molecule has 1 atom stereocenters. The molecule has 4 rings (SSSR count). The normalized spacial score (nSPS) is 13.8. The van der Waals surface area contributed by atoms with E-state index in [1.54, 1.807) is 31.2 Å². The lowest BCUT2D eigenvalue weighted by Crippen LogP contribution is -2.24. The summed E-state index contributed by atoms with van der Waals surface area (Å²) in [6.45, 7) is 3.61. The highest BCUT2D eigenvalue weighted by molar-refractivity contribution is 6.11. The van der Waals surface area contributed by atoms with E-state index in [2.05, 4.69) is 4.98 Å². The average molecular weight is 377 g/mol. The summed E-state index contributed by atoms with van der Waals surface area (Å²) in [5, 5.41) is 0.823. The number of nitrogens with one attached hydrogen (secondary N) is 1. The van der Waals surface area contributed by atoms with Crippen LogP contribution in [0.2, 0.25) is 0 Å². The van der Waals surface area contributed by atoms with Gasteiger partial charge in [0.2, 0.25) is 12.6 Å². The van der Waals surface area contributed by atoms with Crippen molar-refractivity contribution >= 4 is 28.7 Å². The van der Waals surface area contributed by atoms with Crippen molar-refractivity contribution < 1.29 is 23.8 Å². The number of H-pyrrole nitrogens is 1. The van der Waals surface area contributed by atoms with Crippen LogP contribution < -0.4 is 9.47 Å². The number of ether oxygens (including phenoxy) is 3. The molecule has 0 spiro atoms. The molecule has 0 fully saturated rings. The minimum Gasteiger partial charge on any atom is -0.454 e. The average Bonchev–Trinajstić information content (AvgIpc) is 3.28. The lowest BCUT2D eigenvalue weighted by Gasteiger charge is -2.11. The van der Waals surface area contributed by atoms with E-state index in [0.29, 0.717) is 17.1 Å². The molecule has 1 N–H and O–H groups in total. The zero-order valence-electron chi connectivity index (χ0n) is 15.5. The zero-order chi connectivity index (χ0) is 19.7. The fourth-order valence-electron chi connectivity index (χ4n) is 3.25. The topological polar surface area (TPSA) is 77.6 Å².